The van der Waals surface area contributed by atoms with E-state index in [0.717, 1.165) is 21.5 Å². The molecule has 0 saturated heterocycles. The average Bonchev–Trinajstić information content (AvgIpc) is 2.29. The molecule has 0 amide bonds. The summed E-state index contributed by atoms with van der Waals surface area (Å²) in [6, 6.07) is 9.36. The Balaban J connectivity index is 2.25. The van der Waals surface area contributed by atoms with Crippen molar-refractivity contribution in [1.82, 2.24) is 4.98 Å². The summed E-state index contributed by atoms with van der Waals surface area (Å²) >= 11 is 3.45. The van der Waals surface area contributed by atoms with Gasteiger partial charge in [0, 0.05) is 10.5 Å². The smallest absolute Gasteiger partial charge is 0.219 e. The second-order valence-electron chi connectivity index (χ2n) is 3.84. The molecule has 0 aliphatic heterocycles. The van der Waals surface area contributed by atoms with Crippen LogP contribution in [-0.2, 0) is 0 Å². The molecule has 0 fully saturated rings. The van der Waals surface area contributed by atoms with Crippen molar-refractivity contribution in [2.45, 2.75) is 13.8 Å². The lowest BCUT2D eigenvalue weighted by atomic mass is 10.2. The molecular formula is C13H13BrN2O. The van der Waals surface area contributed by atoms with Gasteiger partial charge in [-0.15, -0.1) is 0 Å². The van der Waals surface area contributed by atoms with Gasteiger partial charge in [-0.1, -0.05) is 15.9 Å². The topological polar surface area (TPSA) is 48.1 Å². The highest BCUT2D eigenvalue weighted by Gasteiger charge is 2.03. The van der Waals surface area contributed by atoms with E-state index in [1.54, 1.807) is 12.1 Å². The number of nitrogens with zero attached hydrogens (tertiary/aromatic N) is 1. The van der Waals surface area contributed by atoms with Gasteiger partial charge in [-0.25, -0.2) is 4.98 Å². The zero-order valence-corrected chi connectivity index (χ0v) is 11.3. The van der Waals surface area contributed by atoms with Crippen LogP contribution < -0.4 is 10.5 Å². The number of halogens is 1. The Morgan fingerprint density at radius 2 is 1.94 bits per heavy atom. The van der Waals surface area contributed by atoms with Crippen LogP contribution >= 0.6 is 15.9 Å². The van der Waals surface area contributed by atoms with Crippen molar-refractivity contribution in [2.75, 3.05) is 5.73 Å². The van der Waals surface area contributed by atoms with Crippen LogP contribution in [0.3, 0.4) is 0 Å². The fourth-order valence-electron chi connectivity index (χ4n) is 1.41. The van der Waals surface area contributed by atoms with Crippen molar-refractivity contribution >= 4 is 21.6 Å². The van der Waals surface area contributed by atoms with Crippen molar-refractivity contribution in [1.29, 1.82) is 0 Å². The molecule has 0 spiro atoms. The highest BCUT2D eigenvalue weighted by molar-refractivity contribution is 9.10. The van der Waals surface area contributed by atoms with Gasteiger partial charge in [-0.3, -0.25) is 0 Å². The summed E-state index contributed by atoms with van der Waals surface area (Å²) < 4.78 is 6.72. The van der Waals surface area contributed by atoms with Gasteiger partial charge < -0.3 is 10.5 Å². The summed E-state index contributed by atoms with van der Waals surface area (Å²) in [6.45, 7) is 3.87. The minimum absolute atomic E-state index is 0.554. The number of benzene rings is 1. The Hall–Kier alpha value is -1.55. The molecule has 17 heavy (non-hydrogen) atoms. The fourth-order valence-corrected chi connectivity index (χ4v) is 1.65. The second kappa shape index (κ2) is 4.75. The molecule has 0 aliphatic carbocycles. The Morgan fingerprint density at radius 1 is 1.18 bits per heavy atom. The van der Waals surface area contributed by atoms with E-state index < -0.39 is 0 Å². The number of pyridine rings is 1. The molecule has 0 atom stereocenters. The number of nitrogens with two attached hydrogens (primary N) is 1. The highest BCUT2D eigenvalue weighted by atomic mass is 79.9. The summed E-state index contributed by atoms with van der Waals surface area (Å²) in [6.07, 6.45) is 0. The van der Waals surface area contributed by atoms with Crippen LogP contribution in [0.15, 0.2) is 34.8 Å². The second-order valence-corrected chi connectivity index (χ2v) is 4.69. The van der Waals surface area contributed by atoms with E-state index >= 15 is 0 Å². The standard InChI is InChI=1S/C13H13BrN2O/c1-8-7-10(3-4-11(8)14)17-13-6-5-12(15)9(2)16-13/h3-7H,15H2,1-2H3. The van der Waals surface area contributed by atoms with E-state index in [2.05, 4.69) is 20.9 Å². The van der Waals surface area contributed by atoms with Crippen molar-refractivity contribution < 1.29 is 4.74 Å². The van der Waals surface area contributed by atoms with E-state index in [1.807, 2.05) is 32.0 Å². The molecule has 2 N–H and O–H groups in total. The molecule has 1 aromatic carbocycles. The zero-order valence-electron chi connectivity index (χ0n) is 9.70. The van der Waals surface area contributed by atoms with E-state index in [1.165, 1.54) is 0 Å². The third-order valence-corrected chi connectivity index (χ3v) is 3.34. The number of ether oxygens (including phenoxy) is 1. The van der Waals surface area contributed by atoms with Crippen LogP contribution in [0.1, 0.15) is 11.3 Å². The van der Waals surface area contributed by atoms with Gasteiger partial charge >= 0.3 is 0 Å². The number of hydrogen-bond donors (Lipinski definition) is 1. The first kappa shape index (κ1) is 11.9. The molecule has 3 nitrogen and oxygen atoms in total. The minimum Gasteiger partial charge on any atom is -0.439 e. The highest BCUT2D eigenvalue weighted by Crippen LogP contribution is 2.25. The first-order chi connectivity index (χ1) is 8.06. The maximum Gasteiger partial charge on any atom is 0.219 e. The Kier molecular flexibility index (Phi) is 3.33. The maximum atomic E-state index is 5.70. The number of rotatable bonds is 2. The van der Waals surface area contributed by atoms with E-state index in [-0.39, 0.29) is 0 Å². The Morgan fingerprint density at radius 3 is 2.59 bits per heavy atom. The van der Waals surface area contributed by atoms with Crippen LogP contribution in [0.5, 0.6) is 11.6 Å². The van der Waals surface area contributed by atoms with Gasteiger partial charge in [-0.05, 0) is 43.7 Å². The third-order valence-electron chi connectivity index (χ3n) is 2.45. The van der Waals surface area contributed by atoms with Gasteiger partial charge in [0.2, 0.25) is 5.88 Å². The maximum absolute atomic E-state index is 5.70. The van der Waals surface area contributed by atoms with Gasteiger partial charge in [0.1, 0.15) is 5.75 Å². The molecule has 0 saturated carbocycles. The molecular weight excluding hydrogens is 280 g/mol. The van der Waals surface area contributed by atoms with Crippen molar-refractivity contribution in [3.05, 3.63) is 46.1 Å². The molecule has 0 aliphatic rings. The molecule has 0 radical (unpaired) electrons. The Bertz CT molecular complexity index is 506. The molecule has 2 rings (SSSR count). The quantitative estimate of drug-likeness (QED) is 0.915. The minimum atomic E-state index is 0.554. The Labute approximate surface area is 109 Å². The summed E-state index contributed by atoms with van der Waals surface area (Å²) in [5, 5.41) is 0. The molecule has 0 bridgehead atoms. The first-order valence-electron chi connectivity index (χ1n) is 5.23. The SMILES string of the molecule is Cc1cc(Oc2ccc(N)c(C)n2)ccc1Br. The summed E-state index contributed by atoms with van der Waals surface area (Å²) in [7, 11) is 0. The van der Waals surface area contributed by atoms with Crippen LogP contribution in [0, 0.1) is 13.8 Å². The zero-order chi connectivity index (χ0) is 12.4. The van der Waals surface area contributed by atoms with Crippen LogP contribution in [0.25, 0.3) is 0 Å². The molecule has 1 heterocycles. The van der Waals surface area contributed by atoms with E-state index in [4.69, 9.17) is 10.5 Å². The van der Waals surface area contributed by atoms with Crippen LogP contribution in [0.2, 0.25) is 0 Å². The number of hydrogen-bond acceptors (Lipinski definition) is 3. The van der Waals surface area contributed by atoms with E-state index in [9.17, 15) is 0 Å². The lowest BCUT2D eigenvalue weighted by Gasteiger charge is -2.08. The molecule has 2 aromatic rings. The van der Waals surface area contributed by atoms with Crippen molar-refractivity contribution in [3.63, 3.8) is 0 Å². The van der Waals surface area contributed by atoms with E-state index in [0.29, 0.717) is 11.6 Å². The monoisotopic (exact) mass is 292 g/mol. The van der Waals surface area contributed by atoms with Crippen LogP contribution in [-0.4, -0.2) is 4.98 Å². The molecule has 4 heteroatoms. The lowest BCUT2D eigenvalue weighted by Crippen LogP contribution is -1.95. The van der Waals surface area contributed by atoms with Gasteiger partial charge in [-0.2, -0.15) is 0 Å². The number of aromatic nitrogens is 1. The molecule has 88 valence electrons. The number of aryl methyl sites for hydroxylation is 2. The lowest BCUT2D eigenvalue weighted by molar-refractivity contribution is 0.461. The normalized spacial score (nSPS) is 10.3. The van der Waals surface area contributed by atoms with Gasteiger partial charge in [0.15, 0.2) is 0 Å². The first-order valence-corrected chi connectivity index (χ1v) is 6.02. The van der Waals surface area contributed by atoms with Gasteiger partial charge in [0.05, 0.1) is 11.4 Å². The number of anilines is 1. The molecule has 1 aromatic heterocycles. The predicted molar refractivity (Wildman–Crippen MR) is 72.3 cm³/mol. The fraction of sp³-hybridized carbons (Fsp3) is 0.154. The summed E-state index contributed by atoms with van der Waals surface area (Å²) in [5.41, 5.74) is 8.27. The third kappa shape index (κ3) is 2.77. The largest absolute Gasteiger partial charge is 0.439 e. The van der Waals surface area contributed by atoms with Crippen molar-refractivity contribution in [2.24, 2.45) is 0 Å². The summed E-state index contributed by atoms with van der Waals surface area (Å²) in [5.74, 6) is 1.32. The van der Waals surface area contributed by atoms with Gasteiger partial charge in [0.25, 0.3) is 0 Å². The van der Waals surface area contributed by atoms with Crippen molar-refractivity contribution in [3.8, 4) is 11.6 Å². The number of nitrogen functional groups attached to an aromatic ring is 1. The summed E-state index contributed by atoms with van der Waals surface area (Å²) in [4.78, 5) is 4.26. The molecule has 0 unspecified atom stereocenters. The predicted octanol–water partition coefficient (Wildman–Crippen LogP) is 3.84. The van der Waals surface area contributed by atoms with Crippen LogP contribution in [0.4, 0.5) is 5.69 Å². The average molecular weight is 293 g/mol.